The number of benzene rings is 3. The topological polar surface area (TPSA) is 56.1 Å². The van der Waals surface area contributed by atoms with Gasteiger partial charge in [-0.15, -0.1) is 0 Å². The lowest BCUT2D eigenvalue weighted by molar-refractivity contribution is -0.116. The largest absolute Gasteiger partial charge is 0.497 e. The monoisotopic (exact) mass is 451 g/mol. The number of ether oxygens (including phenoxy) is 1. The van der Waals surface area contributed by atoms with Gasteiger partial charge in [-0.1, -0.05) is 36.4 Å². The fourth-order valence-corrected chi connectivity index (χ4v) is 4.03. The van der Waals surface area contributed by atoms with Crippen LogP contribution in [0.1, 0.15) is 11.3 Å². The predicted molar refractivity (Wildman–Crippen MR) is 132 cm³/mol. The third kappa shape index (κ3) is 4.26. The van der Waals surface area contributed by atoms with Gasteiger partial charge in [-0.05, 0) is 54.1 Å². The zero-order valence-electron chi connectivity index (χ0n) is 18.5. The van der Waals surface area contributed by atoms with Crippen LogP contribution in [0.2, 0.25) is 0 Å². The van der Waals surface area contributed by atoms with E-state index >= 15 is 0 Å². The van der Waals surface area contributed by atoms with Gasteiger partial charge in [0.05, 0.1) is 36.6 Å². The number of para-hydroxylation sites is 1. The summed E-state index contributed by atoms with van der Waals surface area (Å²) in [4.78, 5) is 16.9. The Morgan fingerprint density at radius 1 is 1.00 bits per heavy atom. The van der Waals surface area contributed by atoms with Crippen molar-refractivity contribution in [2.75, 3.05) is 7.11 Å². The smallest absolute Gasteiger partial charge is 0.244 e. The molecule has 0 fully saturated rings. The van der Waals surface area contributed by atoms with E-state index in [1.807, 2.05) is 65.2 Å². The molecule has 1 amide bonds. The Morgan fingerprint density at radius 2 is 1.82 bits per heavy atom. The van der Waals surface area contributed by atoms with Gasteiger partial charge in [0.2, 0.25) is 5.91 Å². The quantitative estimate of drug-likeness (QED) is 0.339. The highest BCUT2D eigenvalue weighted by Gasteiger charge is 2.13. The molecule has 1 N–H and O–H groups in total. The van der Waals surface area contributed by atoms with Crippen LogP contribution in [0.4, 0.5) is 4.39 Å². The number of carbonyl (C=O) groups is 1. The number of carbonyl (C=O) groups excluding carboxylic acids is 1. The molecule has 0 atom stereocenters. The zero-order valence-corrected chi connectivity index (χ0v) is 18.5. The third-order valence-electron chi connectivity index (χ3n) is 5.67. The number of amides is 1. The second kappa shape index (κ2) is 9.19. The molecule has 0 spiro atoms. The minimum Gasteiger partial charge on any atom is -0.497 e. The van der Waals surface area contributed by atoms with Crippen molar-refractivity contribution in [1.29, 1.82) is 0 Å². The van der Waals surface area contributed by atoms with E-state index in [-0.39, 0.29) is 11.7 Å². The molecule has 0 radical (unpaired) electrons. The Labute approximate surface area is 196 Å². The zero-order chi connectivity index (χ0) is 23.5. The van der Waals surface area contributed by atoms with Gasteiger partial charge in [-0.3, -0.25) is 9.78 Å². The van der Waals surface area contributed by atoms with Crippen LogP contribution >= 0.6 is 0 Å². The van der Waals surface area contributed by atoms with Gasteiger partial charge in [0.15, 0.2) is 0 Å². The van der Waals surface area contributed by atoms with Gasteiger partial charge >= 0.3 is 0 Å². The maximum atomic E-state index is 13.9. The Bertz CT molecular complexity index is 1520. The molecule has 5 rings (SSSR count). The molecule has 0 aliphatic heterocycles. The van der Waals surface area contributed by atoms with Crippen molar-refractivity contribution in [3.05, 3.63) is 108 Å². The number of aromatic nitrogens is 2. The molecule has 2 heterocycles. The maximum absolute atomic E-state index is 13.9. The standard InChI is InChI=1S/C28H22FN3O2/c1-34-23-12-9-19(10-13-23)11-14-28(33)31-17-21-16-25-24-7-2-3-8-26(24)32(27(25)18-30-21)22-6-4-5-20(29)15-22/h2-16,18H,17H2,1H3,(H,31,33)/b14-11+. The molecule has 3 aromatic carbocycles. The summed E-state index contributed by atoms with van der Waals surface area (Å²) in [5.41, 5.74) is 4.22. The first-order valence-electron chi connectivity index (χ1n) is 10.9. The summed E-state index contributed by atoms with van der Waals surface area (Å²) in [6.45, 7) is 0.293. The third-order valence-corrected chi connectivity index (χ3v) is 5.67. The molecule has 0 aliphatic carbocycles. The summed E-state index contributed by atoms with van der Waals surface area (Å²) in [6.07, 6.45) is 5.02. The Hall–Kier alpha value is -4.45. The molecule has 6 heteroatoms. The van der Waals surface area contributed by atoms with Gasteiger partial charge in [0, 0.05) is 22.5 Å². The number of hydrogen-bond donors (Lipinski definition) is 1. The van der Waals surface area contributed by atoms with Crippen LogP contribution in [0.5, 0.6) is 5.75 Å². The average Bonchev–Trinajstić information content (AvgIpc) is 3.20. The number of halogens is 1. The van der Waals surface area contributed by atoms with Crippen molar-refractivity contribution in [1.82, 2.24) is 14.9 Å². The predicted octanol–water partition coefficient (Wildman–Crippen LogP) is 5.66. The number of methoxy groups -OCH3 is 1. The van der Waals surface area contributed by atoms with E-state index in [0.717, 1.165) is 44.5 Å². The normalized spacial score (nSPS) is 11.4. The first-order chi connectivity index (χ1) is 16.6. The molecule has 0 saturated heterocycles. The van der Waals surface area contributed by atoms with E-state index in [0.29, 0.717) is 6.54 Å². The number of fused-ring (bicyclic) bond motifs is 3. The Kier molecular flexibility index (Phi) is 5.79. The number of rotatable bonds is 6. The Morgan fingerprint density at radius 3 is 2.62 bits per heavy atom. The minimum absolute atomic E-state index is 0.208. The van der Waals surface area contributed by atoms with Crippen LogP contribution in [0, 0.1) is 5.82 Å². The molecule has 0 saturated carbocycles. The van der Waals surface area contributed by atoms with E-state index in [9.17, 15) is 9.18 Å². The SMILES string of the molecule is COc1ccc(/C=C/C(=O)NCc2cc3c4ccccc4n(-c4cccc(F)c4)c3cn2)cc1. The first-order valence-corrected chi connectivity index (χ1v) is 10.9. The van der Waals surface area contributed by atoms with Crippen molar-refractivity contribution in [3.63, 3.8) is 0 Å². The minimum atomic E-state index is -0.293. The maximum Gasteiger partial charge on any atom is 0.244 e. The molecule has 5 nitrogen and oxygen atoms in total. The summed E-state index contributed by atoms with van der Waals surface area (Å²) in [5.74, 6) is 0.264. The van der Waals surface area contributed by atoms with Crippen molar-refractivity contribution < 1.29 is 13.9 Å². The summed E-state index contributed by atoms with van der Waals surface area (Å²) in [6, 6.07) is 23.9. The second-order valence-corrected chi connectivity index (χ2v) is 7.85. The van der Waals surface area contributed by atoms with Crippen LogP contribution in [0.25, 0.3) is 33.6 Å². The molecule has 168 valence electrons. The van der Waals surface area contributed by atoms with E-state index in [1.165, 1.54) is 18.2 Å². The number of hydrogen-bond acceptors (Lipinski definition) is 3. The van der Waals surface area contributed by atoms with Crippen LogP contribution in [-0.4, -0.2) is 22.6 Å². The molecule has 5 aromatic rings. The lowest BCUT2D eigenvalue weighted by Gasteiger charge is -2.08. The highest BCUT2D eigenvalue weighted by atomic mass is 19.1. The molecule has 0 bridgehead atoms. The van der Waals surface area contributed by atoms with Gasteiger partial charge in [0.1, 0.15) is 11.6 Å². The number of nitrogens with zero attached hydrogens (tertiary/aromatic N) is 2. The Balaban J connectivity index is 1.39. The van der Waals surface area contributed by atoms with E-state index in [2.05, 4.69) is 10.3 Å². The molecule has 2 aromatic heterocycles. The van der Waals surface area contributed by atoms with Crippen LogP contribution in [0.15, 0.2) is 91.1 Å². The van der Waals surface area contributed by atoms with E-state index in [4.69, 9.17) is 4.74 Å². The average molecular weight is 452 g/mol. The van der Waals surface area contributed by atoms with Gasteiger partial charge in [-0.25, -0.2) is 4.39 Å². The highest BCUT2D eigenvalue weighted by Crippen LogP contribution is 2.32. The molecule has 0 aliphatic rings. The van der Waals surface area contributed by atoms with Gasteiger partial charge in [0.25, 0.3) is 0 Å². The summed E-state index contributed by atoms with van der Waals surface area (Å²) < 4.78 is 21.1. The lowest BCUT2D eigenvalue weighted by atomic mass is 10.1. The number of nitrogens with one attached hydrogen (secondary N) is 1. The highest BCUT2D eigenvalue weighted by molar-refractivity contribution is 6.09. The lowest BCUT2D eigenvalue weighted by Crippen LogP contribution is -2.20. The van der Waals surface area contributed by atoms with Gasteiger partial charge in [-0.2, -0.15) is 0 Å². The van der Waals surface area contributed by atoms with Crippen LogP contribution in [0.3, 0.4) is 0 Å². The summed E-state index contributed by atoms with van der Waals surface area (Å²) in [7, 11) is 1.61. The van der Waals surface area contributed by atoms with Crippen LogP contribution < -0.4 is 10.1 Å². The summed E-state index contributed by atoms with van der Waals surface area (Å²) in [5, 5.41) is 4.91. The molecule has 0 unspecified atom stereocenters. The van der Waals surface area contributed by atoms with E-state index in [1.54, 1.807) is 25.4 Å². The van der Waals surface area contributed by atoms with E-state index < -0.39 is 0 Å². The number of pyridine rings is 1. The fourth-order valence-electron chi connectivity index (χ4n) is 4.03. The first kappa shape index (κ1) is 21.4. The second-order valence-electron chi connectivity index (χ2n) is 7.85. The van der Waals surface area contributed by atoms with Crippen molar-refractivity contribution in [3.8, 4) is 11.4 Å². The summed E-state index contributed by atoms with van der Waals surface area (Å²) >= 11 is 0. The molecule has 34 heavy (non-hydrogen) atoms. The molecular weight excluding hydrogens is 429 g/mol. The van der Waals surface area contributed by atoms with Crippen LogP contribution in [-0.2, 0) is 11.3 Å². The van der Waals surface area contributed by atoms with Gasteiger partial charge < -0.3 is 14.6 Å². The molecular formula is C28H22FN3O2. The van der Waals surface area contributed by atoms with Crippen molar-refractivity contribution in [2.24, 2.45) is 0 Å². The fraction of sp³-hybridized carbons (Fsp3) is 0.0714. The van der Waals surface area contributed by atoms with Crippen molar-refractivity contribution >= 4 is 33.8 Å². The van der Waals surface area contributed by atoms with Crippen molar-refractivity contribution in [2.45, 2.75) is 6.54 Å².